The Balaban J connectivity index is 1.28. The number of ketones is 1. The van der Waals surface area contributed by atoms with Crippen LogP contribution in [0.1, 0.15) is 85.2 Å². The Morgan fingerprint density at radius 3 is 2.32 bits per heavy atom. The van der Waals surface area contributed by atoms with Crippen LogP contribution >= 0.6 is 7.60 Å². The summed E-state index contributed by atoms with van der Waals surface area (Å²) in [6.07, 6.45) is 5.36. The van der Waals surface area contributed by atoms with Gasteiger partial charge in [0.1, 0.15) is 5.78 Å². The number of Topliss-reactive ketones (excluding diaryl/α,β-unsaturated/α-hetero) is 1. The number of nitrogens with one attached hydrogen (secondary N) is 4. The standard InChI is InChI=1S/C28H39N4O5P/c1-37-38(35,36)18-10-4-2-3-9-17-29-26(34)16-15-25(33)24-19-20-11-5-6-12-21(20)27-28(31-32-30-27)23-14-8-7-13-22(23)24/h5-8,11-14,24,27-28,30-32H,2-4,9-10,15-19H2,1H3,(H,29,34)(H,35,36). The molecule has 4 rings (SSSR count). The molecular formula is C28H39N4O5P. The highest BCUT2D eigenvalue weighted by Crippen LogP contribution is 2.42. The molecule has 5 N–H and O–H groups in total. The number of hydrogen-bond donors (Lipinski definition) is 5. The largest absolute Gasteiger partial charge is 0.356 e. The number of unbranched alkanes of at least 4 members (excludes halogenated alkanes) is 4. The predicted molar refractivity (Wildman–Crippen MR) is 146 cm³/mol. The van der Waals surface area contributed by atoms with E-state index in [0.717, 1.165) is 42.4 Å². The van der Waals surface area contributed by atoms with Crippen molar-refractivity contribution in [1.82, 2.24) is 21.7 Å². The van der Waals surface area contributed by atoms with Gasteiger partial charge in [0.15, 0.2) is 0 Å². The Morgan fingerprint density at radius 2 is 1.55 bits per heavy atom. The van der Waals surface area contributed by atoms with Gasteiger partial charge in [-0.25, -0.2) is 10.9 Å². The summed E-state index contributed by atoms with van der Waals surface area (Å²) in [5.41, 5.74) is 14.1. The van der Waals surface area contributed by atoms with E-state index in [1.807, 2.05) is 30.3 Å². The van der Waals surface area contributed by atoms with E-state index in [1.165, 1.54) is 12.7 Å². The molecule has 0 bridgehead atoms. The second kappa shape index (κ2) is 13.6. The predicted octanol–water partition coefficient (Wildman–Crippen LogP) is 3.97. The van der Waals surface area contributed by atoms with Crippen LogP contribution in [0.5, 0.6) is 0 Å². The minimum Gasteiger partial charge on any atom is -0.356 e. The van der Waals surface area contributed by atoms with Gasteiger partial charge in [0.2, 0.25) is 5.91 Å². The molecule has 206 valence electrons. The van der Waals surface area contributed by atoms with Crippen molar-refractivity contribution in [2.24, 2.45) is 0 Å². The van der Waals surface area contributed by atoms with Crippen LogP contribution in [0.2, 0.25) is 0 Å². The van der Waals surface area contributed by atoms with Crippen molar-refractivity contribution in [3.63, 3.8) is 0 Å². The van der Waals surface area contributed by atoms with Gasteiger partial charge in [-0.3, -0.25) is 14.2 Å². The molecular weight excluding hydrogens is 503 g/mol. The fourth-order valence-electron chi connectivity index (χ4n) is 5.42. The molecule has 0 spiro atoms. The Hall–Kier alpha value is -2.39. The smallest absolute Gasteiger partial charge is 0.327 e. The fourth-order valence-corrected chi connectivity index (χ4v) is 6.22. The number of fused-ring (bicyclic) bond motifs is 5. The van der Waals surface area contributed by atoms with Gasteiger partial charge in [0, 0.05) is 38.6 Å². The topological polar surface area (TPSA) is 129 Å². The van der Waals surface area contributed by atoms with E-state index in [9.17, 15) is 19.0 Å². The van der Waals surface area contributed by atoms with Gasteiger partial charge in [0.25, 0.3) is 0 Å². The van der Waals surface area contributed by atoms with Crippen molar-refractivity contribution >= 4 is 19.3 Å². The van der Waals surface area contributed by atoms with Crippen molar-refractivity contribution in [2.45, 2.75) is 69.4 Å². The Bertz CT molecular complexity index is 1160. The molecule has 1 heterocycles. The van der Waals surface area contributed by atoms with E-state index in [0.29, 0.717) is 19.4 Å². The van der Waals surface area contributed by atoms with Crippen molar-refractivity contribution in [2.75, 3.05) is 19.8 Å². The zero-order valence-corrected chi connectivity index (χ0v) is 22.8. The number of benzene rings is 2. The van der Waals surface area contributed by atoms with Crippen LogP contribution in [0.4, 0.5) is 0 Å². The van der Waals surface area contributed by atoms with Crippen molar-refractivity contribution < 1.29 is 23.6 Å². The average molecular weight is 543 g/mol. The third kappa shape index (κ3) is 7.38. The molecule has 38 heavy (non-hydrogen) atoms. The summed E-state index contributed by atoms with van der Waals surface area (Å²) < 4.78 is 16.0. The molecule has 2 aliphatic rings. The molecule has 0 radical (unpaired) electrons. The van der Waals surface area contributed by atoms with Crippen molar-refractivity contribution in [3.8, 4) is 0 Å². The van der Waals surface area contributed by atoms with Crippen LogP contribution in [0.25, 0.3) is 0 Å². The van der Waals surface area contributed by atoms with Crippen molar-refractivity contribution in [3.05, 3.63) is 70.8 Å². The first kappa shape index (κ1) is 28.6. The van der Waals surface area contributed by atoms with Gasteiger partial charge in [0.05, 0.1) is 12.1 Å². The lowest BCUT2D eigenvalue weighted by Crippen LogP contribution is -2.31. The van der Waals surface area contributed by atoms with Crippen LogP contribution in [0.3, 0.4) is 0 Å². The highest BCUT2D eigenvalue weighted by molar-refractivity contribution is 7.52. The number of carbonyl (C=O) groups is 2. The number of hydrogen-bond acceptors (Lipinski definition) is 7. The minimum absolute atomic E-state index is 0.0145. The molecule has 2 aromatic rings. The van der Waals surface area contributed by atoms with Crippen LogP contribution in [-0.2, 0) is 25.1 Å². The highest BCUT2D eigenvalue weighted by Gasteiger charge is 2.37. The van der Waals surface area contributed by atoms with Gasteiger partial charge in [-0.05, 0) is 41.5 Å². The molecule has 2 aromatic carbocycles. The molecule has 4 atom stereocenters. The summed E-state index contributed by atoms with van der Waals surface area (Å²) in [6, 6.07) is 16.4. The van der Waals surface area contributed by atoms with Crippen LogP contribution in [-0.4, -0.2) is 36.4 Å². The summed E-state index contributed by atoms with van der Waals surface area (Å²) >= 11 is 0. The summed E-state index contributed by atoms with van der Waals surface area (Å²) in [7, 11) is -2.16. The lowest BCUT2D eigenvalue weighted by atomic mass is 9.76. The maximum Gasteiger partial charge on any atom is 0.327 e. The summed E-state index contributed by atoms with van der Waals surface area (Å²) in [6.45, 7) is 0.567. The second-order valence-electron chi connectivity index (χ2n) is 10.1. The van der Waals surface area contributed by atoms with E-state index in [2.05, 4.69) is 44.4 Å². The summed E-state index contributed by atoms with van der Waals surface area (Å²) in [5, 5.41) is 2.93. The molecule has 1 fully saturated rings. The normalized spacial score (nSPS) is 21.8. The highest BCUT2D eigenvalue weighted by atomic mass is 31.2. The quantitative estimate of drug-likeness (QED) is 0.190. The van der Waals surface area contributed by atoms with Crippen LogP contribution in [0.15, 0.2) is 48.5 Å². The number of hydrazine groups is 2. The fraction of sp³-hybridized carbons (Fsp3) is 0.500. The third-order valence-electron chi connectivity index (χ3n) is 7.52. The first-order chi connectivity index (χ1) is 18.4. The van der Waals surface area contributed by atoms with Gasteiger partial charge in [-0.1, -0.05) is 67.8 Å². The van der Waals surface area contributed by atoms with Crippen LogP contribution in [0, 0.1) is 0 Å². The Kier molecular flexibility index (Phi) is 10.2. The summed E-state index contributed by atoms with van der Waals surface area (Å²) in [4.78, 5) is 35.4. The van der Waals surface area contributed by atoms with Gasteiger partial charge in [-0.15, -0.1) is 0 Å². The third-order valence-corrected chi connectivity index (χ3v) is 8.97. The zero-order valence-electron chi connectivity index (χ0n) is 21.9. The maximum atomic E-state index is 13.5. The number of rotatable bonds is 13. The second-order valence-corrected chi connectivity index (χ2v) is 12.2. The number of carbonyl (C=O) groups excluding carboxylic acids is 2. The van der Waals surface area contributed by atoms with E-state index in [4.69, 9.17) is 0 Å². The molecule has 1 amide bonds. The molecule has 1 aliphatic heterocycles. The first-order valence-electron chi connectivity index (χ1n) is 13.5. The van der Waals surface area contributed by atoms with E-state index < -0.39 is 7.60 Å². The van der Waals surface area contributed by atoms with E-state index in [-0.39, 0.29) is 48.7 Å². The lowest BCUT2D eigenvalue weighted by Gasteiger charge is -2.30. The van der Waals surface area contributed by atoms with Crippen LogP contribution < -0.4 is 21.7 Å². The molecule has 1 aliphatic carbocycles. The molecule has 0 saturated carbocycles. The Labute approximate surface area is 224 Å². The SMILES string of the molecule is COP(=O)(O)CCCCCCCNC(=O)CCC(=O)C1Cc2ccccc2C2NNNC2c2ccccc21. The van der Waals surface area contributed by atoms with Crippen molar-refractivity contribution in [1.29, 1.82) is 0 Å². The van der Waals surface area contributed by atoms with E-state index >= 15 is 0 Å². The minimum atomic E-state index is -3.41. The van der Waals surface area contributed by atoms with Gasteiger partial charge in [-0.2, -0.15) is 5.53 Å². The monoisotopic (exact) mass is 542 g/mol. The molecule has 4 unspecified atom stereocenters. The molecule has 1 saturated heterocycles. The first-order valence-corrected chi connectivity index (χ1v) is 15.3. The molecule has 9 nitrogen and oxygen atoms in total. The Morgan fingerprint density at radius 1 is 0.921 bits per heavy atom. The average Bonchev–Trinajstić information content (AvgIpc) is 3.40. The van der Waals surface area contributed by atoms with E-state index in [1.54, 1.807) is 0 Å². The summed E-state index contributed by atoms with van der Waals surface area (Å²) in [5.74, 6) is -0.335. The van der Waals surface area contributed by atoms with Gasteiger partial charge >= 0.3 is 7.60 Å². The molecule has 10 heteroatoms. The lowest BCUT2D eigenvalue weighted by molar-refractivity contribution is -0.126. The van der Waals surface area contributed by atoms with Gasteiger partial charge < -0.3 is 14.7 Å². The maximum absolute atomic E-state index is 13.5. The number of amides is 1. The molecule has 0 aromatic heterocycles. The zero-order chi connectivity index (χ0) is 27.0.